The number of halogens is 2. The third kappa shape index (κ3) is 3.81. The largest absolute Gasteiger partial charge is 0.369 e. The van der Waals surface area contributed by atoms with Gasteiger partial charge in [-0.1, -0.05) is 18.0 Å². The summed E-state index contributed by atoms with van der Waals surface area (Å²) in [7, 11) is 2.10. The molecule has 1 amide bonds. The number of aromatic nitrogens is 1. The molecule has 2 heterocycles. The molecule has 1 aromatic heterocycles. The average molecular weight is 456 g/mol. The molecule has 1 atom stereocenters. The summed E-state index contributed by atoms with van der Waals surface area (Å²) < 4.78 is 15.5. The Labute approximate surface area is 191 Å². The van der Waals surface area contributed by atoms with E-state index in [0.29, 0.717) is 10.6 Å². The normalized spacial score (nSPS) is 18.8. The van der Waals surface area contributed by atoms with Crippen molar-refractivity contribution in [1.82, 2.24) is 14.8 Å². The Kier molecular flexibility index (Phi) is 5.48. The molecule has 5 nitrogen and oxygen atoms in total. The molecule has 7 heteroatoms. The van der Waals surface area contributed by atoms with Crippen LogP contribution in [0.15, 0.2) is 42.5 Å². The van der Waals surface area contributed by atoms with Crippen LogP contribution in [0.1, 0.15) is 40.9 Å². The van der Waals surface area contributed by atoms with Crippen LogP contribution in [-0.2, 0) is 19.5 Å². The number of likely N-dealkylation sites (N-methyl/N-ethyl adjacent to an activating group) is 1. The molecular weight excluding hydrogens is 429 g/mol. The van der Waals surface area contributed by atoms with Gasteiger partial charge in [0.2, 0.25) is 0 Å². The van der Waals surface area contributed by atoms with Crippen molar-refractivity contribution >= 4 is 28.4 Å². The molecule has 1 fully saturated rings. The minimum Gasteiger partial charge on any atom is -0.369 e. The maximum atomic E-state index is 13.3. The van der Waals surface area contributed by atoms with E-state index in [0.717, 1.165) is 49.7 Å². The first kappa shape index (κ1) is 21.4. The SMILES string of the molecule is CN1CCc2c(c3cc(Cl)ccc3n2CC(O)(NC(=O)c2ccc(F)cc2)C2CCC2)C1. The first-order chi connectivity index (χ1) is 15.3. The van der Waals surface area contributed by atoms with Gasteiger partial charge in [-0.2, -0.15) is 0 Å². The Morgan fingerprint density at radius 1 is 1.25 bits per heavy atom. The van der Waals surface area contributed by atoms with Gasteiger partial charge in [-0.05, 0) is 67.9 Å². The van der Waals surface area contributed by atoms with Crippen molar-refractivity contribution in [3.63, 3.8) is 0 Å². The van der Waals surface area contributed by atoms with Gasteiger partial charge in [0.1, 0.15) is 5.82 Å². The summed E-state index contributed by atoms with van der Waals surface area (Å²) in [5, 5.41) is 16.5. The number of aliphatic hydroxyl groups is 1. The van der Waals surface area contributed by atoms with Crippen LogP contribution in [0.4, 0.5) is 4.39 Å². The van der Waals surface area contributed by atoms with E-state index in [1.807, 2.05) is 18.2 Å². The van der Waals surface area contributed by atoms with Crippen LogP contribution in [0.2, 0.25) is 5.02 Å². The zero-order valence-electron chi connectivity index (χ0n) is 18.1. The van der Waals surface area contributed by atoms with Gasteiger partial charge in [0, 0.05) is 52.6 Å². The summed E-state index contributed by atoms with van der Waals surface area (Å²) in [5.74, 6) is -0.823. The molecule has 32 heavy (non-hydrogen) atoms. The van der Waals surface area contributed by atoms with Crippen LogP contribution in [0.5, 0.6) is 0 Å². The number of nitrogens with one attached hydrogen (secondary N) is 1. The minimum atomic E-state index is -1.40. The quantitative estimate of drug-likeness (QED) is 0.563. The molecule has 3 aromatic rings. The fraction of sp³-hybridized carbons (Fsp3) is 0.400. The first-order valence-corrected chi connectivity index (χ1v) is 11.5. The Hall–Kier alpha value is -2.41. The molecule has 2 N–H and O–H groups in total. The lowest BCUT2D eigenvalue weighted by Gasteiger charge is -2.42. The summed E-state index contributed by atoms with van der Waals surface area (Å²) in [4.78, 5) is 15.2. The third-order valence-corrected chi connectivity index (χ3v) is 7.26. The molecule has 0 bridgehead atoms. The summed E-state index contributed by atoms with van der Waals surface area (Å²) in [6.07, 6.45) is 3.61. The molecule has 1 saturated carbocycles. The van der Waals surface area contributed by atoms with Crippen LogP contribution in [-0.4, -0.2) is 39.8 Å². The highest BCUT2D eigenvalue weighted by atomic mass is 35.5. The fourth-order valence-electron chi connectivity index (χ4n) is 5.01. The molecule has 0 radical (unpaired) electrons. The van der Waals surface area contributed by atoms with Crippen molar-refractivity contribution in [3.05, 3.63) is 70.1 Å². The molecule has 2 aliphatic rings. The monoisotopic (exact) mass is 455 g/mol. The fourth-order valence-corrected chi connectivity index (χ4v) is 5.18. The summed E-state index contributed by atoms with van der Waals surface area (Å²) in [6, 6.07) is 11.3. The lowest BCUT2D eigenvalue weighted by molar-refractivity contribution is -0.0822. The van der Waals surface area contributed by atoms with Gasteiger partial charge < -0.3 is 19.9 Å². The number of benzene rings is 2. The standard InChI is InChI=1S/C25H27ClFN3O2/c1-29-12-11-23-21(14-29)20-13-18(26)7-10-22(20)30(23)15-25(32,17-3-2-4-17)28-24(31)16-5-8-19(27)9-6-16/h5-10,13,17,32H,2-4,11-12,14-15H2,1H3,(H,28,31). The number of nitrogens with zero attached hydrogens (tertiary/aromatic N) is 2. The van der Waals surface area contributed by atoms with E-state index in [1.165, 1.54) is 35.5 Å². The van der Waals surface area contributed by atoms with Gasteiger partial charge in [0.05, 0.1) is 6.54 Å². The van der Waals surface area contributed by atoms with Crippen LogP contribution in [0.25, 0.3) is 10.9 Å². The zero-order valence-corrected chi connectivity index (χ0v) is 18.8. The molecule has 0 saturated heterocycles. The Morgan fingerprint density at radius 3 is 2.69 bits per heavy atom. The van der Waals surface area contributed by atoms with Crippen molar-refractivity contribution < 1.29 is 14.3 Å². The van der Waals surface area contributed by atoms with Gasteiger partial charge >= 0.3 is 0 Å². The van der Waals surface area contributed by atoms with Gasteiger partial charge in [0.15, 0.2) is 5.72 Å². The maximum absolute atomic E-state index is 13.3. The Morgan fingerprint density at radius 2 is 2.00 bits per heavy atom. The molecule has 1 aliphatic heterocycles. The van der Waals surface area contributed by atoms with Gasteiger partial charge in [-0.25, -0.2) is 4.39 Å². The third-order valence-electron chi connectivity index (χ3n) is 7.02. The summed E-state index contributed by atoms with van der Waals surface area (Å²) in [6.45, 7) is 2.02. The van der Waals surface area contributed by atoms with E-state index in [1.54, 1.807) is 0 Å². The predicted octanol–water partition coefficient (Wildman–Crippen LogP) is 4.34. The zero-order chi connectivity index (χ0) is 22.5. The summed E-state index contributed by atoms with van der Waals surface area (Å²) >= 11 is 6.31. The van der Waals surface area contributed by atoms with E-state index in [-0.39, 0.29) is 12.5 Å². The molecule has 5 rings (SSSR count). The van der Waals surface area contributed by atoms with Crippen molar-refractivity contribution in [2.24, 2.45) is 5.92 Å². The molecule has 0 spiro atoms. The highest BCUT2D eigenvalue weighted by Crippen LogP contribution is 2.39. The number of hydrogen-bond donors (Lipinski definition) is 2. The number of rotatable bonds is 5. The van der Waals surface area contributed by atoms with E-state index >= 15 is 0 Å². The number of amides is 1. The van der Waals surface area contributed by atoms with E-state index in [4.69, 9.17) is 11.6 Å². The van der Waals surface area contributed by atoms with E-state index in [2.05, 4.69) is 21.8 Å². The Balaban J connectivity index is 1.53. The average Bonchev–Trinajstić information content (AvgIpc) is 2.99. The lowest BCUT2D eigenvalue weighted by atomic mass is 9.77. The van der Waals surface area contributed by atoms with Crippen molar-refractivity contribution in [2.45, 2.75) is 44.5 Å². The van der Waals surface area contributed by atoms with Crippen molar-refractivity contribution in [1.29, 1.82) is 0 Å². The number of carbonyl (C=O) groups is 1. The van der Waals surface area contributed by atoms with E-state index < -0.39 is 17.4 Å². The van der Waals surface area contributed by atoms with Crippen LogP contribution in [0, 0.1) is 11.7 Å². The maximum Gasteiger partial charge on any atom is 0.253 e. The van der Waals surface area contributed by atoms with Gasteiger partial charge in [0.25, 0.3) is 5.91 Å². The topological polar surface area (TPSA) is 57.5 Å². The molecule has 2 aromatic carbocycles. The lowest BCUT2D eigenvalue weighted by Crippen LogP contribution is -2.58. The minimum absolute atomic E-state index is 0.0291. The second-order valence-corrected chi connectivity index (χ2v) is 9.61. The summed E-state index contributed by atoms with van der Waals surface area (Å²) in [5.41, 5.74) is 2.37. The van der Waals surface area contributed by atoms with Gasteiger partial charge in [-0.15, -0.1) is 0 Å². The van der Waals surface area contributed by atoms with E-state index in [9.17, 15) is 14.3 Å². The molecule has 1 aliphatic carbocycles. The first-order valence-electron chi connectivity index (χ1n) is 11.1. The highest BCUT2D eigenvalue weighted by molar-refractivity contribution is 6.31. The number of hydrogen-bond acceptors (Lipinski definition) is 3. The van der Waals surface area contributed by atoms with Crippen molar-refractivity contribution in [2.75, 3.05) is 13.6 Å². The highest BCUT2D eigenvalue weighted by Gasteiger charge is 2.43. The second-order valence-electron chi connectivity index (χ2n) is 9.17. The van der Waals surface area contributed by atoms with Crippen LogP contribution < -0.4 is 5.32 Å². The Bertz CT molecular complexity index is 1170. The molecule has 1 unspecified atom stereocenters. The van der Waals surface area contributed by atoms with Crippen molar-refractivity contribution in [3.8, 4) is 0 Å². The van der Waals surface area contributed by atoms with Gasteiger partial charge in [-0.3, -0.25) is 4.79 Å². The molecule has 168 valence electrons. The smallest absolute Gasteiger partial charge is 0.253 e. The second kappa shape index (κ2) is 8.18. The molecular formula is C25H27ClFN3O2. The number of carbonyl (C=O) groups excluding carboxylic acids is 1. The predicted molar refractivity (Wildman–Crippen MR) is 123 cm³/mol. The van der Waals surface area contributed by atoms with Crippen LogP contribution >= 0.6 is 11.6 Å². The van der Waals surface area contributed by atoms with Crippen LogP contribution in [0.3, 0.4) is 0 Å². The number of fused-ring (bicyclic) bond motifs is 3.